The molecule has 5 rings (SSSR count). The second-order valence-electron chi connectivity index (χ2n) is 9.41. The Kier molecular flexibility index (Phi) is 4.67. The average molecular weight is 393 g/mol. The van der Waals surface area contributed by atoms with Gasteiger partial charge in [0.1, 0.15) is 5.78 Å². The first-order valence-electron chi connectivity index (χ1n) is 11.2. The molecule has 1 aromatic heterocycles. The number of Topliss-reactive ketones (excluding diaryl/α,β-unsaturated/α-hetero) is 1. The van der Waals surface area contributed by atoms with E-state index < -0.39 is 0 Å². The summed E-state index contributed by atoms with van der Waals surface area (Å²) in [4.78, 5) is 15.4. The molecule has 4 heteroatoms. The predicted molar refractivity (Wildman–Crippen MR) is 117 cm³/mol. The van der Waals surface area contributed by atoms with Crippen LogP contribution in [-0.2, 0) is 18.3 Å². The van der Waals surface area contributed by atoms with Crippen LogP contribution in [0.25, 0.3) is 16.5 Å². The van der Waals surface area contributed by atoms with Crippen molar-refractivity contribution in [2.24, 2.45) is 18.9 Å². The van der Waals surface area contributed by atoms with Crippen LogP contribution in [0.3, 0.4) is 0 Å². The molecule has 0 saturated heterocycles. The summed E-state index contributed by atoms with van der Waals surface area (Å²) in [5.74, 6) is 1.01. The van der Waals surface area contributed by atoms with Gasteiger partial charge in [-0.2, -0.15) is 0 Å². The highest BCUT2D eigenvalue weighted by molar-refractivity contribution is 6.00. The Hall–Kier alpha value is -1.91. The second kappa shape index (κ2) is 7.10. The van der Waals surface area contributed by atoms with Crippen molar-refractivity contribution in [2.45, 2.75) is 51.0 Å². The van der Waals surface area contributed by atoms with Crippen molar-refractivity contribution < 1.29 is 9.90 Å². The van der Waals surface area contributed by atoms with Crippen LogP contribution in [0.5, 0.6) is 0 Å². The lowest BCUT2D eigenvalue weighted by Gasteiger charge is -2.40. The molecule has 1 saturated carbocycles. The zero-order valence-corrected chi connectivity index (χ0v) is 17.8. The van der Waals surface area contributed by atoms with E-state index in [0.717, 1.165) is 25.3 Å². The molecule has 2 aliphatic carbocycles. The van der Waals surface area contributed by atoms with Crippen molar-refractivity contribution in [1.82, 2.24) is 9.47 Å². The third-order valence-corrected chi connectivity index (χ3v) is 7.54. The van der Waals surface area contributed by atoms with Crippen LogP contribution in [0.1, 0.15) is 55.3 Å². The summed E-state index contributed by atoms with van der Waals surface area (Å²) in [7, 11) is 4.40. The van der Waals surface area contributed by atoms with Crippen molar-refractivity contribution in [3.63, 3.8) is 0 Å². The number of hydrogen-bond acceptors (Lipinski definition) is 3. The molecule has 2 aromatic rings. The van der Waals surface area contributed by atoms with Gasteiger partial charge in [-0.1, -0.05) is 31.6 Å². The number of benzene rings is 1. The van der Waals surface area contributed by atoms with Crippen LogP contribution in [0.4, 0.5) is 0 Å². The number of fused-ring (bicyclic) bond motifs is 2. The topological polar surface area (TPSA) is 45.5 Å². The average Bonchev–Trinajstić information content (AvgIpc) is 3.52. The van der Waals surface area contributed by atoms with E-state index in [1.807, 2.05) is 6.92 Å². The van der Waals surface area contributed by atoms with Crippen molar-refractivity contribution in [2.75, 3.05) is 20.2 Å². The normalized spacial score (nSPS) is 25.0. The molecule has 3 atom stereocenters. The molecular formula is C25H32N2O2. The Morgan fingerprint density at radius 2 is 2.07 bits per heavy atom. The third kappa shape index (κ3) is 3.00. The molecule has 2 unspecified atom stereocenters. The van der Waals surface area contributed by atoms with Gasteiger partial charge < -0.3 is 9.67 Å². The van der Waals surface area contributed by atoms with Crippen LogP contribution in [0.2, 0.25) is 0 Å². The number of hydrogen-bond donors (Lipinski definition) is 1. The maximum Gasteiger partial charge on any atom is 0.141 e. The molecule has 1 aromatic carbocycles. The van der Waals surface area contributed by atoms with Gasteiger partial charge in [0.15, 0.2) is 0 Å². The Morgan fingerprint density at radius 1 is 1.28 bits per heavy atom. The van der Waals surface area contributed by atoms with Crippen LogP contribution in [-0.4, -0.2) is 46.6 Å². The van der Waals surface area contributed by atoms with E-state index in [1.165, 1.54) is 34.9 Å². The minimum absolute atomic E-state index is 0.0738. The number of aryl methyl sites for hydroxylation is 1. The molecule has 0 bridgehead atoms. The largest absolute Gasteiger partial charge is 0.396 e. The van der Waals surface area contributed by atoms with Gasteiger partial charge in [-0.25, -0.2) is 0 Å². The smallest absolute Gasteiger partial charge is 0.141 e. The molecule has 2 heterocycles. The SMILES string of the molecule is CCC(CO)CC(=O)C1C=C2c3cccc4c3c(c(C3CC3)n4C)C[C@H]2N(C)C1. The Balaban J connectivity index is 1.58. The monoisotopic (exact) mass is 392 g/mol. The van der Waals surface area contributed by atoms with E-state index in [1.54, 1.807) is 11.3 Å². The van der Waals surface area contributed by atoms with Gasteiger partial charge in [-0.15, -0.1) is 0 Å². The highest BCUT2D eigenvalue weighted by Gasteiger charge is 2.39. The standard InChI is InChI=1S/C25H32N2O2/c1-4-15(14-28)10-23(29)17-11-19-18-6-5-7-21-24(18)20(12-22(19)26(2)13-17)25(27(21)3)16-8-9-16/h5-7,11,15-17,22,28H,4,8-10,12-14H2,1-3H3/t15?,17?,22-/m1/s1. The highest BCUT2D eigenvalue weighted by atomic mass is 16.3. The highest BCUT2D eigenvalue weighted by Crippen LogP contribution is 2.49. The molecular weight excluding hydrogens is 360 g/mol. The molecule has 4 nitrogen and oxygen atoms in total. The second-order valence-corrected chi connectivity index (χ2v) is 9.41. The molecule has 29 heavy (non-hydrogen) atoms. The molecule has 3 aliphatic rings. The minimum Gasteiger partial charge on any atom is -0.396 e. The fourth-order valence-corrected chi connectivity index (χ4v) is 5.67. The van der Waals surface area contributed by atoms with Crippen molar-refractivity contribution in [3.8, 4) is 0 Å². The number of likely N-dealkylation sites (N-methyl/N-ethyl adjacent to an activating group) is 1. The zero-order valence-electron chi connectivity index (χ0n) is 17.8. The maximum absolute atomic E-state index is 13.0. The zero-order chi connectivity index (χ0) is 20.3. The number of carbonyl (C=O) groups is 1. The van der Waals surface area contributed by atoms with E-state index in [-0.39, 0.29) is 24.2 Å². The lowest BCUT2D eigenvalue weighted by atomic mass is 9.77. The van der Waals surface area contributed by atoms with E-state index in [4.69, 9.17) is 0 Å². The summed E-state index contributed by atoms with van der Waals surface area (Å²) < 4.78 is 2.43. The van der Waals surface area contributed by atoms with E-state index in [9.17, 15) is 9.90 Å². The molecule has 0 spiro atoms. The third-order valence-electron chi connectivity index (χ3n) is 7.54. The number of carbonyl (C=O) groups excluding carboxylic acids is 1. The number of aliphatic hydroxyl groups excluding tert-OH is 1. The van der Waals surface area contributed by atoms with Crippen LogP contribution >= 0.6 is 0 Å². The predicted octanol–water partition coefficient (Wildman–Crippen LogP) is 3.90. The molecule has 1 aliphatic heterocycles. The first-order valence-corrected chi connectivity index (χ1v) is 11.2. The number of aromatic nitrogens is 1. The number of rotatable bonds is 6. The van der Waals surface area contributed by atoms with Gasteiger partial charge in [0, 0.05) is 55.2 Å². The Morgan fingerprint density at radius 3 is 2.76 bits per heavy atom. The molecule has 1 N–H and O–H groups in total. The summed E-state index contributed by atoms with van der Waals surface area (Å²) in [5, 5.41) is 10.9. The Bertz CT molecular complexity index is 994. The van der Waals surface area contributed by atoms with Gasteiger partial charge in [0.2, 0.25) is 0 Å². The van der Waals surface area contributed by atoms with Crippen molar-refractivity contribution in [1.29, 1.82) is 0 Å². The van der Waals surface area contributed by atoms with Crippen molar-refractivity contribution in [3.05, 3.63) is 41.1 Å². The van der Waals surface area contributed by atoms with Crippen LogP contribution < -0.4 is 0 Å². The lowest BCUT2D eigenvalue weighted by molar-refractivity contribution is -0.123. The van der Waals surface area contributed by atoms with Gasteiger partial charge in [0.05, 0.1) is 0 Å². The van der Waals surface area contributed by atoms with E-state index >= 15 is 0 Å². The molecule has 1 fully saturated rings. The number of ketones is 1. The maximum atomic E-state index is 13.0. The number of aliphatic hydroxyl groups is 1. The van der Waals surface area contributed by atoms with E-state index in [0.29, 0.717) is 12.5 Å². The summed E-state index contributed by atoms with van der Waals surface area (Å²) in [5.41, 5.74) is 7.09. The lowest BCUT2D eigenvalue weighted by Crippen LogP contribution is -2.44. The summed E-state index contributed by atoms with van der Waals surface area (Å²) in [6.45, 7) is 2.93. The first kappa shape index (κ1) is 19.1. The summed E-state index contributed by atoms with van der Waals surface area (Å²) in [6, 6.07) is 7.03. The number of nitrogens with zero attached hydrogens (tertiary/aromatic N) is 2. The first-order chi connectivity index (χ1) is 14.0. The van der Waals surface area contributed by atoms with Gasteiger partial charge >= 0.3 is 0 Å². The van der Waals surface area contributed by atoms with Crippen LogP contribution in [0.15, 0.2) is 24.3 Å². The summed E-state index contributed by atoms with van der Waals surface area (Å²) >= 11 is 0. The van der Waals surface area contributed by atoms with E-state index in [2.05, 4.69) is 47.8 Å². The molecule has 154 valence electrons. The van der Waals surface area contributed by atoms with Gasteiger partial charge in [-0.3, -0.25) is 9.69 Å². The van der Waals surface area contributed by atoms with Gasteiger partial charge in [-0.05, 0) is 60.9 Å². The molecule has 0 radical (unpaired) electrons. The van der Waals surface area contributed by atoms with Gasteiger partial charge in [0.25, 0.3) is 0 Å². The quantitative estimate of drug-likeness (QED) is 0.811. The van der Waals surface area contributed by atoms with Crippen LogP contribution in [0, 0.1) is 11.8 Å². The minimum atomic E-state index is -0.0738. The fraction of sp³-hybridized carbons (Fsp3) is 0.560. The fourth-order valence-electron chi connectivity index (χ4n) is 5.67. The Labute approximate surface area is 173 Å². The summed E-state index contributed by atoms with van der Waals surface area (Å²) in [6.07, 6.45) is 7.27. The molecule has 0 amide bonds. The van der Waals surface area contributed by atoms with Crippen molar-refractivity contribution >= 4 is 22.3 Å².